The van der Waals surface area contributed by atoms with Gasteiger partial charge in [-0.05, 0) is 47.7 Å². The fourth-order valence-electron chi connectivity index (χ4n) is 2.48. The number of rotatable bonds is 9. The van der Waals surface area contributed by atoms with Crippen LogP contribution < -0.4 is 4.98 Å². The highest BCUT2D eigenvalue weighted by Crippen LogP contribution is 2.53. The Kier molecular flexibility index (Phi) is 10.4. The lowest BCUT2D eigenvalue weighted by Gasteiger charge is -2.46. The van der Waals surface area contributed by atoms with E-state index in [4.69, 9.17) is 8.64 Å². The first-order valence-electron chi connectivity index (χ1n) is 12.1. The summed E-state index contributed by atoms with van der Waals surface area (Å²) < 4.78 is 26.2. The molecule has 5 nitrogen and oxygen atoms in total. The van der Waals surface area contributed by atoms with E-state index in [1.54, 1.807) is 6.66 Å². The summed E-state index contributed by atoms with van der Waals surface area (Å²) in [6.07, 6.45) is 0.720. The molecule has 0 aromatic heterocycles. The van der Waals surface area contributed by atoms with Crippen molar-refractivity contribution in [1.82, 2.24) is 4.98 Å². The molecule has 1 N–H and O–H groups in total. The number of hydrogen-bond donors (Lipinski definition) is 1. The quantitative estimate of drug-likeness (QED) is 0.230. The van der Waals surface area contributed by atoms with Crippen LogP contribution in [0.1, 0.15) is 68.7 Å². The normalized spacial score (nSPS) is 18.5. The fourth-order valence-corrected chi connectivity index (χ4v) is 12.9. The van der Waals surface area contributed by atoms with E-state index in [1.807, 2.05) is 0 Å². The smallest absolute Gasteiger partial charge is 0.316 e. The van der Waals surface area contributed by atoms with Crippen molar-refractivity contribution >= 4 is 47.4 Å². The Morgan fingerprint density at radius 2 is 1.21 bits per heavy atom. The summed E-state index contributed by atoms with van der Waals surface area (Å²) in [7, 11) is -6.74. The maximum atomic E-state index is 13.7. The molecule has 0 amide bonds. The first-order valence-corrected chi connectivity index (χ1v) is 23.7. The Labute approximate surface area is 211 Å². The Morgan fingerprint density at radius 3 is 1.55 bits per heavy atom. The Morgan fingerprint density at radius 1 is 0.818 bits per heavy atom. The Bertz CT molecular complexity index is 750. The van der Waals surface area contributed by atoms with Gasteiger partial charge in [-0.15, -0.1) is 9.24 Å². The van der Waals surface area contributed by atoms with Gasteiger partial charge in [0.05, 0.1) is 0 Å². The molecule has 0 aliphatic heterocycles. The van der Waals surface area contributed by atoms with Crippen molar-refractivity contribution in [3.63, 3.8) is 0 Å². The van der Waals surface area contributed by atoms with Gasteiger partial charge in [0.2, 0.25) is 8.32 Å². The van der Waals surface area contributed by atoms with Gasteiger partial charge in [0, 0.05) is 12.8 Å². The number of nitrogens with one attached hydrogen (secondary N) is 1. The van der Waals surface area contributed by atoms with Gasteiger partial charge in [-0.3, -0.25) is 9.36 Å². The maximum absolute atomic E-state index is 13.7. The maximum Gasteiger partial charge on any atom is 0.316 e. The van der Waals surface area contributed by atoms with E-state index < -0.39 is 37.5 Å². The van der Waals surface area contributed by atoms with Gasteiger partial charge in [-0.25, -0.2) is 0 Å². The van der Waals surface area contributed by atoms with Crippen molar-refractivity contribution in [1.29, 1.82) is 0 Å². The van der Waals surface area contributed by atoms with Crippen LogP contribution in [0, 0.1) is 0 Å². The highest BCUT2D eigenvalue weighted by Gasteiger charge is 2.50. The third kappa shape index (κ3) is 9.26. The molecule has 10 heteroatoms. The lowest BCUT2D eigenvalue weighted by molar-refractivity contribution is -0.138. The molecule has 0 spiro atoms. The molecule has 33 heavy (non-hydrogen) atoms. The summed E-state index contributed by atoms with van der Waals surface area (Å²) >= 11 is 0. The second-order valence-electron chi connectivity index (χ2n) is 14.5. The summed E-state index contributed by atoms with van der Waals surface area (Å²) in [5.74, 6) is -0.253. The molecule has 3 atom stereocenters. The standard InChI is InChI=1S/C23H55NO4P2Si3/c1-20(2,3)31(11,12)24-23(29,19(25)27-32(13,14)21(4,5)6)17-18-30(10,26)28-33(15,16)22(7,8)9/h24H,17-18,29H2,1-16H3. The molecular weight excluding hydrogens is 500 g/mol. The van der Waals surface area contributed by atoms with Crippen LogP contribution in [0.2, 0.25) is 54.4 Å². The average Bonchev–Trinajstić information content (AvgIpc) is 2.48. The molecule has 0 saturated heterocycles. The zero-order chi connectivity index (χ0) is 27.1. The predicted molar refractivity (Wildman–Crippen MR) is 157 cm³/mol. The molecule has 0 bridgehead atoms. The van der Waals surface area contributed by atoms with E-state index in [0.29, 0.717) is 12.6 Å². The summed E-state index contributed by atoms with van der Waals surface area (Å²) in [5, 5.41) is -1.09. The zero-order valence-electron chi connectivity index (χ0n) is 24.6. The summed E-state index contributed by atoms with van der Waals surface area (Å²) in [4.78, 5) is 17.5. The van der Waals surface area contributed by atoms with Gasteiger partial charge in [-0.2, -0.15) is 0 Å². The van der Waals surface area contributed by atoms with Gasteiger partial charge >= 0.3 is 5.97 Å². The van der Waals surface area contributed by atoms with Crippen LogP contribution in [-0.2, 0) is 18.0 Å². The van der Waals surface area contributed by atoms with Crippen molar-refractivity contribution in [2.75, 3.05) is 12.8 Å². The predicted octanol–water partition coefficient (Wildman–Crippen LogP) is 8.02. The van der Waals surface area contributed by atoms with Crippen molar-refractivity contribution in [2.24, 2.45) is 0 Å². The molecule has 3 unspecified atom stereocenters. The molecule has 0 saturated carbocycles. The number of carbonyl (C=O) groups is 1. The minimum Gasteiger partial charge on any atom is -0.517 e. The average molecular weight is 556 g/mol. The largest absolute Gasteiger partial charge is 0.517 e. The van der Waals surface area contributed by atoms with Crippen LogP contribution in [-0.4, -0.2) is 48.9 Å². The Balaban J connectivity index is 6.06. The van der Waals surface area contributed by atoms with Crippen molar-refractivity contribution in [3.05, 3.63) is 0 Å². The van der Waals surface area contributed by atoms with Crippen LogP contribution in [0.5, 0.6) is 0 Å². The van der Waals surface area contributed by atoms with E-state index >= 15 is 0 Å². The number of hydrogen-bond acceptors (Lipinski definition) is 5. The van der Waals surface area contributed by atoms with Gasteiger partial charge in [0.1, 0.15) is 13.5 Å². The van der Waals surface area contributed by atoms with Crippen LogP contribution in [0.15, 0.2) is 0 Å². The summed E-state index contributed by atoms with van der Waals surface area (Å²) in [5.41, 5.74) is 0. The Hall–Kier alpha value is 0.701. The van der Waals surface area contributed by atoms with Crippen LogP contribution in [0.25, 0.3) is 0 Å². The van der Waals surface area contributed by atoms with Gasteiger partial charge < -0.3 is 13.6 Å². The number of carbonyl (C=O) groups excluding carboxylic acids is 1. The van der Waals surface area contributed by atoms with Crippen LogP contribution >= 0.6 is 16.6 Å². The molecule has 0 radical (unpaired) electrons. The fraction of sp³-hybridized carbons (Fsp3) is 0.957. The first-order chi connectivity index (χ1) is 14.0. The van der Waals surface area contributed by atoms with E-state index in [1.165, 1.54) is 0 Å². The van der Waals surface area contributed by atoms with Crippen molar-refractivity contribution in [3.8, 4) is 0 Å². The highest BCUT2D eigenvalue weighted by atomic mass is 31.2. The lowest BCUT2D eigenvalue weighted by atomic mass is 10.2. The highest BCUT2D eigenvalue weighted by molar-refractivity contribution is 7.59. The molecular formula is C23H55NO4P2Si3. The van der Waals surface area contributed by atoms with E-state index in [9.17, 15) is 9.36 Å². The minimum absolute atomic E-state index is 0.0274. The monoisotopic (exact) mass is 555 g/mol. The second-order valence-corrected chi connectivity index (χ2v) is 32.9. The third-order valence-electron chi connectivity index (χ3n) is 8.07. The zero-order valence-corrected chi connectivity index (χ0v) is 29.6. The SMILES string of the molecule is CC(C)(C)[Si](C)(C)NC(P)(CCP(C)(=O)O[Si](C)(C)C(C)(C)C)C(=O)O[Si](C)(C)C(C)(C)C. The van der Waals surface area contributed by atoms with Crippen molar-refractivity contribution in [2.45, 2.75) is 128 Å². The summed E-state index contributed by atoms with van der Waals surface area (Å²) in [6, 6.07) is 0. The van der Waals surface area contributed by atoms with Gasteiger partial charge in [0.25, 0.3) is 8.32 Å². The molecule has 0 aliphatic rings. The molecule has 0 rings (SSSR count). The lowest BCUT2D eigenvalue weighted by Crippen LogP contribution is -2.64. The van der Waals surface area contributed by atoms with Crippen LogP contribution in [0.4, 0.5) is 0 Å². The minimum atomic E-state index is -2.91. The van der Waals surface area contributed by atoms with E-state index in [2.05, 4.69) is 116 Å². The molecule has 0 aromatic rings. The van der Waals surface area contributed by atoms with Crippen LogP contribution in [0.3, 0.4) is 0 Å². The molecule has 0 aliphatic carbocycles. The first kappa shape index (κ1) is 33.7. The molecule has 198 valence electrons. The second kappa shape index (κ2) is 10.2. The molecule has 0 heterocycles. The van der Waals surface area contributed by atoms with Gasteiger partial charge in [0.15, 0.2) is 7.37 Å². The summed E-state index contributed by atoms with van der Waals surface area (Å²) in [6.45, 7) is 34.1. The van der Waals surface area contributed by atoms with E-state index in [-0.39, 0.29) is 21.1 Å². The third-order valence-corrected chi connectivity index (χ3v) is 26.2. The van der Waals surface area contributed by atoms with Crippen molar-refractivity contribution < 1.29 is 18.0 Å². The van der Waals surface area contributed by atoms with Gasteiger partial charge in [-0.1, -0.05) is 75.4 Å². The van der Waals surface area contributed by atoms with E-state index in [0.717, 1.165) is 0 Å². The molecule has 0 aromatic carbocycles. The molecule has 0 fully saturated rings. The topological polar surface area (TPSA) is 64.6 Å².